The standard InChI is InChI=1S/C19H17F2N3/c1-18(2)19(20,21)14-10-6-4-8-12(14)16(22-18)17-13-9-5-7-11-15(13)23-24(17)3/h4-11H,1-3H3. The van der Waals surface area contributed by atoms with Crippen LogP contribution in [0.3, 0.4) is 0 Å². The zero-order valence-electron chi connectivity index (χ0n) is 13.7. The van der Waals surface area contributed by atoms with Gasteiger partial charge in [0.05, 0.1) is 16.9 Å². The highest BCUT2D eigenvalue weighted by Crippen LogP contribution is 2.47. The second-order valence-corrected chi connectivity index (χ2v) is 6.63. The van der Waals surface area contributed by atoms with E-state index in [9.17, 15) is 8.78 Å². The van der Waals surface area contributed by atoms with Gasteiger partial charge in [0.1, 0.15) is 5.54 Å². The van der Waals surface area contributed by atoms with Crippen LogP contribution in [0.5, 0.6) is 0 Å². The SMILES string of the molecule is Cn1nc2ccccc2c1C1=NC(C)(C)C(F)(F)c2ccccc21. The molecule has 0 unspecified atom stereocenters. The van der Waals surface area contributed by atoms with Crippen molar-refractivity contribution in [2.75, 3.05) is 0 Å². The Bertz CT molecular complexity index is 983. The molecule has 24 heavy (non-hydrogen) atoms. The van der Waals surface area contributed by atoms with Gasteiger partial charge in [0.25, 0.3) is 5.92 Å². The molecule has 122 valence electrons. The number of hydrogen-bond acceptors (Lipinski definition) is 2. The molecule has 3 nitrogen and oxygen atoms in total. The van der Waals surface area contributed by atoms with Gasteiger partial charge in [0.2, 0.25) is 0 Å². The fourth-order valence-electron chi connectivity index (χ4n) is 3.31. The summed E-state index contributed by atoms with van der Waals surface area (Å²) in [5, 5.41) is 5.41. The molecule has 0 atom stereocenters. The van der Waals surface area contributed by atoms with Gasteiger partial charge in [-0.25, -0.2) is 0 Å². The van der Waals surface area contributed by atoms with Crippen molar-refractivity contribution in [1.82, 2.24) is 9.78 Å². The summed E-state index contributed by atoms with van der Waals surface area (Å²) < 4.78 is 31.5. The molecular weight excluding hydrogens is 308 g/mol. The minimum Gasteiger partial charge on any atom is -0.270 e. The van der Waals surface area contributed by atoms with E-state index in [0.717, 1.165) is 16.6 Å². The number of aryl methyl sites for hydroxylation is 1. The molecule has 0 amide bonds. The summed E-state index contributed by atoms with van der Waals surface area (Å²) in [5.74, 6) is -3.03. The van der Waals surface area contributed by atoms with Crippen molar-refractivity contribution in [1.29, 1.82) is 0 Å². The van der Waals surface area contributed by atoms with E-state index in [0.29, 0.717) is 11.3 Å². The van der Waals surface area contributed by atoms with Crippen LogP contribution in [0.25, 0.3) is 10.9 Å². The second-order valence-electron chi connectivity index (χ2n) is 6.63. The first-order valence-corrected chi connectivity index (χ1v) is 7.82. The number of benzene rings is 2. The number of aromatic nitrogens is 2. The van der Waals surface area contributed by atoms with Crippen LogP contribution in [0.4, 0.5) is 8.78 Å². The van der Waals surface area contributed by atoms with Gasteiger partial charge in [0, 0.05) is 23.6 Å². The normalized spacial score (nSPS) is 18.3. The summed E-state index contributed by atoms with van der Waals surface area (Å²) in [6.07, 6.45) is 0. The highest BCUT2D eigenvalue weighted by atomic mass is 19.3. The number of rotatable bonds is 1. The molecule has 5 heteroatoms. The fraction of sp³-hybridized carbons (Fsp3) is 0.263. The Morgan fingerprint density at radius 1 is 0.958 bits per heavy atom. The van der Waals surface area contributed by atoms with E-state index in [-0.39, 0.29) is 5.56 Å². The maximum absolute atomic E-state index is 14.9. The van der Waals surface area contributed by atoms with Crippen LogP contribution in [0.15, 0.2) is 53.5 Å². The predicted molar refractivity (Wildman–Crippen MR) is 90.8 cm³/mol. The summed E-state index contributed by atoms with van der Waals surface area (Å²) >= 11 is 0. The van der Waals surface area contributed by atoms with Crippen LogP contribution in [0.2, 0.25) is 0 Å². The van der Waals surface area contributed by atoms with Crippen LogP contribution in [0.1, 0.15) is 30.7 Å². The molecule has 0 spiro atoms. The highest BCUT2D eigenvalue weighted by Gasteiger charge is 2.53. The maximum Gasteiger partial charge on any atom is 0.297 e. The Morgan fingerprint density at radius 3 is 2.42 bits per heavy atom. The van der Waals surface area contributed by atoms with E-state index in [4.69, 9.17) is 0 Å². The van der Waals surface area contributed by atoms with Crippen LogP contribution in [-0.4, -0.2) is 21.0 Å². The van der Waals surface area contributed by atoms with Crippen LogP contribution in [0, 0.1) is 0 Å². The molecule has 1 aliphatic heterocycles. The number of nitrogens with zero attached hydrogens (tertiary/aromatic N) is 3. The lowest BCUT2D eigenvalue weighted by Crippen LogP contribution is -2.44. The van der Waals surface area contributed by atoms with Gasteiger partial charge in [0.15, 0.2) is 0 Å². The molecule has 0 N–H and O–H groups in total. The minimum atomic E-state index is -3.03. The van der Waals surface area contributed by atoms with E-state index >= 15 is 0 Å². The zero-order chi connectivity index (χ0) is 17.1. The number of fused-ring (bicyclic) bond motifs is 2. The second kappa shape index (κ2) is 4.72. The third-order valence-electron chi connectivity index (χ3n) is 4.64. The van der Waals surface area contributed by atoms with E-state index in [1.54, 1.807) is 22.9 Å². The molecule has 0 aliphatic carbocycles. The van der Waals surface area contributed by atoms with Crippen molar-refractivity contribution in [2.45, 2.75) is 25.3 Å². The van der Waals surface area contributed by atoms with Gasteiger partial charge in [-0.3, -0.25) is 9.67 Å². The lowest BCUT2D eigenvalue weighted by atomic mass is 9.82. The Morgan fingerprint density at radius 2 is 1.62 bits per heavy atom. The van der Waals surface area contributed by atoms with Crippen molar-refractivity contribution in [3.63, 3.8) is 0 Å². The Hall–Kier alpha value is -2.56. The summed E-state index contributed by atoms with van der Waals surface area (Å²) in [6.45, 7) is 2.95. The molecule has 0 saturated heterocycles. The predicted octanol–water partition coefficient (Wildman–Crippen LogP) is 4.29. The first kappa shape index (κ1) is 15.0. The van der Waals surface area contributed by atoms with E-state index in [2.05, 4.69) is 10.1 Å². The number of aliphatic imine (C=N–C) groups is 1. The quantitative estimate of drug-likeness (QED) is 0.656. The van der Waals surface area contributed by atoms with Crippen LogP contribution < -0.4 is 0 Å². The van der Waals surface area contributed by atoms with E-state index in [1.165, 1.54) is 19.9 Å². The third-order valence-corrected chi connectivity index (χ3v) is 4.64. The lowest BCUT2D eigenvalue weighted by Gasteiger charge is -2.37. The summed E-state index contributed by atoms with van der Waals surface area (Å²) in [5.41, 5.74) is 1.12. The monoisotopic (exact) mass is 325 g/mol. The van der Waals surface area contributed by atoms with Gasteiger partial charge in [-0.05, 0) is 19.9 Å². The molecule has 4 rings (SSSR count). The maximum atomic E-state index is 14.9. The van der Waals surface area contributed by atoms with Gasteiger partial charge < -0.3 is 0 Å². The van der Waals surface area contributed by atoms with Crippen molar-refractivity contribution in [3.8, 4) is 0 Å². The highest BCUT2D eigenvalue weighted by molar-refractivity contribution is 6.19. The molecule has 0 bridgehead atoms. The molecule has 0 saturated carbocycles. The molecule has 0 fully saturated rings. The van der Waals surface area contributed by atoms with Crippen molar-refractivity contribution in [2.24, 2.45) is 12.0 Å². The van der Waals surface area contributed by atoms with Crippen molar-refractivity contribution < 1.29 is 8.78 Å². The Kier molecular flexibility index (Phi) is 2.95. The van der Waals surface area contributed by atoms with Crippen LogP contribution in [-0.2, 0) is 13.0 Å². The number of alkyl halides is 2. The van der Waals surface area contributed by atoms with E-state index < -0.39 is 11.5 Å². The smallest absolute Gasteiger partial charge is 0.270 e. The summed E-state index contributed by atoms with van der Waals surface area (Å²) in [6, 6.07) is 14.3. The molecule has 0 radical (unpaired) electrons. The average Bonchev–Trinajstić information content (AvgIpc) is 2.87. The average molecular weight is 325 g/mol. The fourth-order valence-corrected chi connectivity index (χ4v) is 3.31. The summed E-state index contributed by atoms with van der Waals surface area (Å²) in [4.78, 5) is 4.47. The number of halogens is 2. The van der Waals surface area contributed by atoms with Crippen molar-refractivity contribution >= 4 is 16.6 Å². The lowest BCUT2D eigenvalue weighted by molar-refractivity contribution is -0.0682. The third kappa shape index (κ3) is 1.87. The minimum absolute atomic E-state index is 0.0188. The molecular formula is C19H17F2N3. The topological polar surface area (TPSA) is 30.2 Å². The van der Waals surface area contributed by atoms with Crippen molar-refractivity contribution in [3.05, 3.63) is 65.4 Å². The first-order valence-electron chi connectivity index (χ1n) is 7.82. The summed E-state index contributed by atoms with van der Waals surface area (Å²) in [7, 11) is 1.82. The van der Waals surface area contributed by atoms with Crippen LogP contribution >= 0.6 is 0 Å². The molecule has 2 aromatic carbocycles. The zero-order valence-corrected chi connectivity index (χ0v) is 13.7. The first-order chi connectivity index (χ1) is 11.3. The molecule has 1 aliphatic rings. The number of hydrogen-bond donors (Lipinski definition) is 0. The van der Waals surface area contributed by atoms with Gasteiger partial charge >= 0.3 is 0 Å². The largest absolute Gasteiger partial charge is 0.297 e. The molecule has 3 aromatic rings. The molecule has 1 aromatic heterocycles. The Labute approximate surface area is 138 Å². The Balaban J connectivity index is 2.08. The van der Waals surface area contributed by atoms with E-state index in [1.807, 2.05) is 31.3 Å². The molecule has 2 heterocycles. The van der Waals surface area contributed by atoms with Gasteiger partial charge in [-0.15, -0.1) is 0 Å². The van der Waals surface area contributed by atoms with Gasteiger partial charge in [-0.1, -0.05) is 42.5 Å². The van der Waals surface area contributed by atoms with Gasteiger partial charge in [-0.2, -0.15) is 13.9 Å².